The summed E-state index contributed by atoms with van der Waals surface area (Å²) in [6.45, 7) is 2.74. The molecule has 0 unspecified atom stereocenters. The number of fused-ring (bicyclic) bond motifs is 1. The lowest BCUT2D eigenvalue weighted by molar-refractivity contribution is -0.119. The molecule has 0 saturated heterocycles. The molecular formula is C12H16N4O3. The van der Waals surface area contributed by atoms with Crippen molar-refractivity contribution >= 4 is 28.4 Å². The summed E-state index contributed by atoms with van der Waals surface area (Å²) >= 11 is 0. The zero-order valence-electron chi connectivity index (χ0n) is 10.8. The number of nitrogens with zero attached hydrogens (tertiary/aromatic N) is 1. The molecule has 1 heterocycles. The predicted octanol–water partition coefficient (Wildman–Crippen LogP) is 0.276. The Bertz CT molecular complexity index is 659. The number of carbonyl (C=O) groups is 1. The second-order valence-electron chi connectivity index (χ2n) is 4.11. The normalized spacial score (nSPS) is 10.6. The van der Waals surface area contributed by atoms with E-state index >= 15 is 0 Å². The van der Waals surface area contributed by atoms with Crippen LogP contribution in [-0.2, 0) is 4.79 Å². The highest BCUT2D eigenvalue weighted by molar-refractivity contribution is 5.88. The van der Waals surface area contributed by atoms with Gasteiger partial charge in [0.05, 0.1) is 23.4 Å². The molecule has 0 atom stereocenters. The Labute approximate surface area is 109 Å². The maximum absolute atomic E-state index is 11.5. The highest BCUT2D eigenvalue weighted by Gasteiger charge is 2.14. The number of nitrogens with one attached hydrogen (secondary N) is 2. The maximum Gasteiger partial charge on any atom is 0.417 e. The van der Waals surface area contributed by atoms with Gasteiger partial charge in [-0.2, -0.15) is 0 Å². The van der Waals surface area contributed by atoms with Gasteiger partial charge in [0.2, 0.25) is 5.91 Å². The fourth-order valence-electron chi connectivity index (χ4n) is 1.90. The van der Waals surface area contributed by atoms with Gasteiger partial charge in [0.15, 0.2) is 5.58 Å². The molecule has 1 aromatic carbocycles. The average molecular weight is 264 g/mol. The van der Waals surface area contributed by atoms with Crippen LogP contribution in [0.4, 0.5) is 11.4 Å². The van der Waals surface area contributed by atoms with Crippen molar-refractivity contribution < 1.29 is 9.21 Å². The Balaban J connectivity index is 2.44. The van der Waals surface area contributed by atoms with Crippen molar-refractivity contribution in [3.05, 3.63) is 22.7 Å². The van der Waals surface area contributed by atoms with Crippen LogP contribution in [-0.4, -0.2) is 31.0 Å². The number of aromatic nitrogens is 1. The number of aromatic amines is 1. The Kier molecular flexibility index (Phi) is 3.46. The van der Waals surface area contributed by atoms with Crippen molar-refractivity contribution in [2.75, 3.05) is 30.8 Å². The number of amides is 1. The van der Waals surface area contributed by atoms with E-state index in [9.17, 15) is 9.59 Å². The van der Waals surface area contributed by atoms with Crippen molar-refractivity contribution in [1.29, 1.82) is 0 Å². The van der Waals surface area contributed by atoms with Crippen LogP contribution in [0, 0.1) is 0 Å². The summed E-state index contributed by atoms with van der Waals surface area (Å²) in [5.74, 6) is -0.636. The third kappa shape index (κ3) is 2.54. The molecule has 4 N–H and O–H groups in total. The summed E-state index contributed by atoms with van der Waals surface area (Å²) in [7, 11) is 1.58. The second kappa shape index (κ2) is 5.05. The topological polar surface area (TPSA) is 104 Å². The quantitative estimate of drug-likeness (QED) is 0.688. The number of rotatable bonds is 4. The van der Waals surface area contributed by atoms with E-state index in [1.807, 2.05) is 11.8 Å². The maximum atomic E-state index is 11.5. The van der Waals surface area contributed by atoms with E-state index in [4.69, 9.17) is 10.2 Å². The third-order valence-corrected chi connectivity index (χ3v) is 2.90. The Morgan fingerprint density at radius 2 is 2.26 bits per heavy atom. The van der Waals surface area contributed by atoms with E-state index in [0.717, 1.165) is 0 Å². The van der Waals surface area contributed by atoms with E-state index in [1.54, 1.807) is 19.2 Å². The van der Waals surface area contributed by atoms with Gasteiger partial charge in [-0.25, -0.2) is 4.79 Å². The molecule has 0 aliphatic carbocycles. The standard InChI is InChI=1S/C12H16N4O3/c1-3-16(6-11(17)14-2)9-5-8-10(4-7(9)13)19-12(18)15-8/h4-5H,3,6,13H2,1-2H3,(H,14,17)(H,15,18). The third-order valence-electron chi connectivity index (χ3n) is 2.90. The molecule has 2 aromatic rings. The molecule has 1 aromatic heterocycles. The van der Waals surface area contributed by atoms with E-state index < -0.39 is 5.76 Å². The molecule has 7 nitrogen and oxygen atoms in total. The largest absolute Gasteiger partial charge is 0.417 e. The summed E-state index contributed by atoms with van der Waals surface area (Å²) in [5.41, 5.74) is 8.05. The van der Waals surface area contributed by atoms with Crippen molar-refractivity contribution in [3.8, 4) is 0 Å². The number of oxazole rings is 1. The van der Waals surface area contributed by atoms with Gasteiger partial charge in [0.25, 0.3) is 0 Å². The average Bonchev–Trinajstić information content (AvgIpc) is 2.74. The monoisotopic (exact) mass is 264 g/mol. The molecule has 0 aliphatic rings. The highest BCUT2D eigenvalue weighted by atomic mass is 16.4. The first-order valence-electron chi connectivity index (χ1n) is 5.93. The smallest absolute Gasteiger partial charge is 0.408 e. The molecule has 0 aliphatic heterocycles. The van der Waals surface area contributed by atoms with E-state index in [-0.39, 0.29) is 12.5 Å². The van der Waals surface area contributed by atoms with Gasteiger partial charge in [-0.15, -0.1) is 0 Å². The van der Waals surface area contributed by atoms with Gasteiger partial charge in [0.1, 0.15) is 0 Å². The van der Waals surface area contributed by atoms with E-state index in [0.29, 0.717) is 29.0 Å². The summed E-state index contributed by atoms with van der Waals surface area (Å²) < 4.78 is 4.93. The van der Waals surface area contributed by atoms with Crippen LogP contribution in [0.3, 0.4) is 0 Å². The Hall–Kier alpha value is -2.44. The van der Waals surface area contributed by atoms with Crippen LogP contribution in [0.2, 0.25) is 0 Å². The van der Waals surface area contributed by atoms with Crippen LogP contribution in [0.25, 0.3) is 11.1 Å². The highest BCUT2D eigenvalue weighted by Crippen LogP contribution is 2.27. The van der Waals surface area contributed by atoms with Gasteiger partial charge in [0, 0.05) is 19.7 Å². The number of benzene rings is 1. The summed E-state index contributed by atoms with van der Waals surface area (Å²) in [5, 5.41) is 2.56. The molecule has 0 fully saturated rings. The number of carbonyl (C=O) groups excluding carboxylic acids is 1. The summed E-state index contributed by atoms with van der Waals surface area (Å²) in [6.07, 6.45) is 0. The van der Waals surface area contributed by atoms with Crippen LogP contribution in [0.15, 0.2) is 21.3 Å². The van der Waals surface area contributed by atoms with Crippen LogP contribution < -0.4 is 21.7 Å². The molecule has 0 bridgehead atoms. The molecule has 0 saturated carbocycles. The number of hydrogen-bond acceptors (Lipinski definition) is 5. The van der Waals surface area contributed by atoms with Gasteiger partial charge in [-0.1, -0.05) is 0 Å². The molecule has 2 rings (SSSR count). The Morgan fingerprint density at radius 1 is 1.53 bits per heavy atom. The van der Waals surface area contributed by atoms with Crippen molar-refractivity contribution in [2.24, 2.45) is 0 Å². The van der Waals surface area contributed by atoms with Gasteiger partial charge >= 0.3 is 5.76 Å². The number of nitrogens with two attached hydrogens (primary N) is 1. The molecular weight excluding hydrogens is 248 g/mol. The SMILES string of the molecule is CCN(CC(=O)NC)c1cc2[nH]c(=O)oc2cc1N. The molecule has 19 heavy (non-hydrogen) atoms. The van der Waals surface area contributed by atoms with Crippen LogP contribution in [0.5, 0.6) is 0 Å². The number of hydrogen-bond donors (Lipinski definition) is 3. The number of nitrogen functional groups attached to an aromatic ring is 1. The first-order chi connectivity index (χ1) is 9.05. The van der Waals surface area contributed by atoms with Crippen LogP contribution >= 0.6 is 0 Å². The predicted molar refractivity (Wildman–Crippen MR) is 73.2 cm³/mol. The zero-order chi connectivity index (χ0) is 14.0. The molecule has 7 heteroatoms. The summed E-state index contributed by atoms with van der Waals surface area (Å²) in [4.78, 5) is 27.0. The van der Waals surface area contributed by atoms with Crippen molar-refractivity contribution in [2.45, 2.75) is 6.92 Å². The lowest BCUT2D eigenvalue weighted by Gasteiger charge is -2.23. The van der Waals surface area contributed by atoms with Crippen molar-refractivity contribution in [1.82, 2.24) is 10.3 Å². The minimum atomic E-state index is -0.527. The fraction of sp³-hybridized carbons (Fsp3) is 0.333. The first kappa shape index (κ1) is 13.0. The number of H-pyrrole nitrogens is 1. The minimum absolute atomic E-state index is 0.109. The minimum Gasteiger partial charge on any atom is -0.408 e. The second-order valence-corrected chi connectivity index (χ2v) is 4.11. The molecule has 102 valence electrons. The van der Waals surface area contributed by atoms with E-state index in [2.05, 4.69) is 10.3 Å². The Morgan fingerprint density at radius 3 is 2.89 bits per heavy atom. The lowest BCUT2D eigenvalue weighted by Crippen LogP contribution is -2.35. The first-order valence-corrected chi connectivity index (χ1v) is 5.93. The summed E-state index contributed by atoms with van der Waals surface area (Å²) in [6, 6.07) is 3.29. The van der Waals surface area contributed by atoms with Gasteiger partial charge < -0.3 is 20.4 Å². The molecule has 0 radical (unpaired) electrons. The number of anilines is 2. The van der Waals surface area contributed by atoms with Gasteiger partial charge in [-0.05, 0) is 13.0 Å². The zero-order valence-corrected chi connectivity index (χ0v) is 10.8. The van der Waals surface area contributed by atoms with E-state index in [1.165, 1.54) is 0 Å². The van der Waals surface area contributed by atoms with Crippen LogP contribution in [0.1, 0.15) is 6.92 Å². The van der Waals surface area contributed by atoms with Gasteiger partial charge in [-0.3, -0.25) is 9.78 Å². The van der Waals surface area contributed by atoms with Crippen molar-refractivity contribution in [3.63, 3.8) is 0 Å². The molecule has 1 amide bonds. The number of likely N-dealkylation sites (N-methyl/N-ethyl adjacent to an activating group) is 2. The lowest BCUT2D eigenvalue weighted by atomic mass is 10.2. The molecule has 0 spiro atoms. The fourth-order valence-corrected chi connectivity index (χ4v) is 1.90.